The molecule has 1 saturated carbocycles. The van der Waals surface area contributed by atoms with Gasteiger partial charge in [0.2, 0.25) is 5.91 Å². The predicted octanol–water partition coefficient (Wildman–Crippen LogP) is 2.26. The predicted molar refractivity (Wildman–Crippen MR) is 67.7 cm³/mol. The molecule has 3 rings (SSSR count). The van der Waals surface area contributed by atoms with Crippen LogP contribution >= 0.6 is 0 Å². The van der Waals surface area contributed by atoms with E-state index in [9.17, 15) is 4.79 Å². The summed E-state index contributed by atoms with van der Waals surface area (Å²) >= 11 is 0. The first kappa shape index (κ1) is 10.4. The van der Waals surface area contributed by atoms with Gasteiger partial charge in [0.25, 0.3) is 0 Å². The molecule has 1 aromatic carbocycles. The number of hydrogen-bond acceptors (Lipinski definition) is 1. The minimum absolute atomic E-state index is 0.203. The number of aromatic nitrogens is 1. The van der Waals surface area contributed by atoms with E-state index in [0.29, 0.717) is 12.6 Å². The molecule has 1 amide bonds. The second kappa shape index (κ2) is 3.91. The van der Waals surface area contributed by atoms with Crippen LogP contribution in [0.4, 0.5) is 0 Å². The number of hydrogen-bond donors (Lipinski definition) is 0. The van der Waals surface area contributed by atoms with Crippen molar-refractivity contribution in [2.45, 2.75) is 25.4 Å². The van der Waals surface area contributed by atoms with Crippen LogP contribution < -0.4 is 0 Å². The maximum absolute atomic E-state index is 12.0. The molecule has 1 heterocycles. The van der Waals surface area contributed by atoms with Crippen LogP contribution in [0.25, 0.3) is 10.9 Å². The van der Waals surface area contributed by atoms with Crippen molar-refractivity contribution in [2.24, 2.45) is 0 Å². The van der Waals surface area contributed by atoms with Crippen molar-refractivity contribution >= 4 is 16.8 Å². The second-order valence-corrected chi connectivity index (χ2v) is 4.74. The van der Waals surface area contributed by atoms with Crippen LogP contribution in [0.2, 0.25) is 0 Å². The number of nitrogens with zero attached hydrogens (tertiary/aromatic N) is 2. The Morgan fingerprint density at radius 3 is 2.88 bits per heavy atom. The molecule has 3 nitrogen and oxygen atoms in total. The fraction of sp³-hybridized carbons (Fsp3) is 0.357. The third-order valence-electron chi connectivity index (χ3n) is 3.47. The van der Waals surface area contributed by atoms with Gasteiger partial charge in [0, 0.05) is 24.8 Å². The van der Waals surface area contributed by atoms with E-state index in [2.05, 4.69) is 18.2 Å². The van der Waals surface area contributed by atoms with Crippen LogP contribution in [0.3, 0.4) is 0 Å². The standard InChI is InChI=1S/C14H16N2O/c1-15(12-6-7-12)14(17)10-16-9-8-11-4-2-3-5-13(11)16/h2-5,8-9,12H,6-7,10H2,1H3. The monoisotopic (exact) mass is 228 g/mol. The van der Waals surface area contributed by atoms with Crippen molar-refractivity contribution in [1.29, 1.82) is 0 Å². The molecule has 0 saturated heterocycles. The lowest BCUT2D eigenvalue weighted by atomic mass is 10.2. The Labute approximate surface area is 101 Å². The van der Waals surface area contributed by atoms with Gasteiger partial charge in [-0.15, -0.1) is 0 Å². The van der Waals surface area contributed by atoms with Gasteiger partial charge >= 0.3 is 0 Å². The zero-order chi connectivity index (χ0) is 11.8. The molecule has 2 aromatic rings. The lowest BCUT2D eigenvalue weighted by molar-refractivity contribution is -0.130. The zero-order valence-corrected chi connectivity index (χ0v) is 9.97. The van der Waals surface area contributed by atoms with E-state index in [0.717, 1.165) is 18.4 Å². The first-order valence-corrected chi connectivity index (χ1v) is 6.05. The van der Waals surface area contributed by atoms with Crippen LogP contribution in [0, 0.1) is 0 Å². The van der Waals surface area contributed by atoms with Crippen molar-refractivity contribution in [3.05, 3.63) is 36.5 Å². The topological polar surface area (TPSA) is 25.2 Å². The summed E-state index contributed by atoms with van der Waals surface area (Å²) in [6.45, 7) is 0.445. The number of rotatable bonds is 3. The molecule has 0 atom stereocenters. The highest BCUT2D eigenvalue weighted by Crippen LogP contribution is 2.25. The van der Waals surface area contributed by atoms with Crippen molar-refractivity contribution in [3.8, 4) is 0 Å². The molecule has 0 aliphatic heterocycles. The molecule has 88 valence electrons. The van der Waals surface area contributed by atoms with E-state index >= 15 is 0 Å². The highest BCUT2D eigenvalue weighted by atomic mass is 16.2. The number of fused-ring (bicyclic) bond motifs is 1. The van der Waals surface area contributed by atoms with E-state index < -0.39 is 0 Å². The molecule has 1 aliphatic rings. The highest BCUT2D eigenvalue weighted by molar-refractivity contribution is 5.83. The molecule has 0 bridgehead atoms. The summed E-state index contributed by atoms with van der Waals surface area (Å²) in [5.74, 6) is 0.203. The summed E-state index contributed by atoms with van der Waals surface area (Å²) in [5.41, 5.74) is 1.13. The minimum atomic E-state index is 0.203. The van der Waals surface area contributed by atoms with Gasteiger partial charge in [-0.2, -0.15) is 0 Å². The maximum Gasteiger partial charge on any atom is 0.242 e. The SMILES string of the molecule is CN(C(=O)Cn1ccc2ccccc21)C1CC1. The molecule has 1 aromatic heterocycles. The maximum atomic E-state index is 12.0. The highest BCUT2D eigenvalue weighted by Gasteiger charge is 2.29. The summed E-state index contributed by atoms with van der Waals surface area (Å²) in [5, 5.41) is 1.19. The Balaban J connectivity index is 1.82. The Morgan fingerprint density at radius 1 is 1.35 bits per heavy atom. The van der Waals surface area contributed by atoms with Gasteiger partial charge in [-0.1, -0.05) is 18.2 Å². The van der Waals surface area contributed by atoms with Crippen molar-refractivity contribution in [2.75, 3.05) is 7.05 Å². The van der Waals surface area contributed by atoms with Gasteiger partial charge in [-0.25, -0.2) is 0 Å². The molecule has 1 aliphatic carbocycles. The third kappa shape index (κ3) is 1.93. The van der Waals surface area contributed by atoms with Crippen LogP contribution in [0.1, 0.15) is 12.8 Å². The number of carbonyl (C=O) groups excluding carboxylic acids is 1. The summed E-state index contributed by atoms with van der Waals surface area (Å²) in [6.07, 6.45) is 4.31. The molecular weight excluding hydrogens is 212 g/mol. The minimum Gasteiger partial charge on any atom is -0.341 e. The Hall–Kier alpha value is -1.77. The third-order valence-corrected chi connectivity index (χ3v) is 3.47. The van der Waals surface area contributed by atoms with E-state index in [1.807, 2.05) is 34.8 Å². The zero-order valence-electron chi connectivity index (χ0n) is 9.97. The average molecular weight is 228 g/mol. The summed E-state index contributed by atoms with van der Waals surface area (Å²) in [7, 11) is 1.91. The van der Waals surface area contributed by atoms with Crippen LogP contribution in [0.5, 0.6) is 0 Å². The number of benzene rings is 1. The average Bonchev–Trinajstić information content (AvgIpc) is 3.12. The quantitative estimate of drug-likeness (QED) is 0.791. The Bertz CT molecular complexity index is 554. The second-order valence-electron chi connectivity index (χ2n) is 4.74. The molecule has 3 heteroatoms. The smallest absolute Gasteiger partial charge is 0.242 e. The summed E-state index contributed by atoms with van der Waals surface area (Å²) in [4.78, 5) is 13.9. The molecule has 1 fully saturated rings. The molecule has 0 unspecified atom stereocenters. The van der Waals surface area contributed by atoms with Crippen LogP contribution in [-0.4, -0.2) is 28.5 Å². The van der Waals surface area contributed by atoms with Crippen molar-refractivity contribution in [1.82, 2.24) is 9.47 Å². The van der Waals surface area contributed by atoms with Gasteiger partial charge in [-0.05, 0) is 30.4 Å². The van der Waals surface area contributed by atoms with Gasteiger partial charge < -0.3 is 9.47 Å². The van der Waals surface area contributed by atoms with E-state index in [1.54, 1.807) is 0 Å². The number of amides is 1. The molecule has 0 spiro atoms. The van der Waals surface area contributed by atoms with Crippen molar-refractivity contribution < 1.29 is 4.79 Å². The molecular formula is C14H16N2O. The largest absolute Gasteiger partial charge is 0.341 e. The normalized spacial score (nSPS) is 15.1. The molecule has 0 radical (unpaired) electrons. The van der Waals surface area contributed by atoms with Crippen molar-refractivity contribution in [3.63, 3.8) is 0 Å². The van der Waals surface area contributed by atoms with Gasteiger partial charge in [0.15, 0.2) is 0 Å². The number of likely N-dealkylation sites (N-methyl/N-ethyl adjacent to an activating group) is 1. The van der Waals surface area contributed by atoms with Gasteiger partial charge in [0.1, 0.15) is 6.54 Å². The first-order valence-electron chi connectivity index (χ1n) is 6.05. The fourth-order valence-electron chi connectivity index (χ4n) is 2.20. The molecule has 17 heavy (non-hydrogen) atoms. The Kier molecular flexibility index (Phi) is 2.39. The van der Waals surface area contributed by atoms with Gasteiger partial charge in [-0.3, -0.25) is 4.79 Å². The Morgan fingerprint density at radius 2 is 2.12 bits per heavy atom. The lowest BCUT2D eigenvalue weighted by Gasteiger charge is -2.16. The number of para-hydroxylation sites is 1. The van der Waals surface area contributed by atoms with E-state index in [-0.39, 0.29) is 5.91 Å². The summed E-state index contributed by atoms with van der Waals surface area (Å²) in [6, 6.07) is 10.7. The summed E-state index contributed by atoms with van der Waals surface area (Å²) < 4.78 is 2.02. The van der Waals surface area contributed by atoms with E-state index in [1.165, 1.54) is 5.39 Å². The first-order chi connectivity index (χ1) is 8.25. The lowest BCUT2D eigenvalue weighted by Crippen LogP contribution is -2.31. The number of carbonyl (C=O) groups is 1. The van der Waals surface area contributed by atoms with Crippen LogP contribution in [0.15, 0.2) is 36.5 Å². The van der Waals surface area contributed by atoms with Crippen LogP contribution in [-0.2, 0) is 11.3 Å². The molecule has 0 N–H and O–H groups in total. The fourth-order valence-corrected chi connectivity index (χ4v) is 2.20. The van der Waals surface area contributed by atoms with Gasteiger partial charge in [0.05, 0.1) is 0 Å². The van der Waals surface area contributed by atoms with E-state index in [4.69, 9.17) is 0 Å².